The van der Waals surface area contributed by atoms with E-state index in [1.165, 1.54) is 11.3 Å². The van der Waals surface area contributed by atoms with Gasteiger partial charge in [-0.25, -0.2) is 9.78 Å². The molecule has 1 aliphatic heterocycles. The highest BCUT2D eigenvalue weighted by atomic mass is 79.9. The van der Waals surface area contributed by atoms with Crippen LogP contribution < -0.4 is 10.6 Å². The summed E-state index contributed by atoms with van der Waals surface area (Å²) in [5.41, 5.74) is 1.41. The average molecular weight is 458 g/mol. The standard InChI is InChI=1S/C17H18BrClN4O2S/c1-9(2)20-16(25)22-17-21-13-5-6-23(8-14(13)26-17)15(24)11-7-10(18)3-4-12(11)19/h3-4,7,9H,5-6,8H2,1-2H3,(H2,20,21,22,25). The summed E-state index contributed by atoms with van der Waals surface area (Å²) in [7, 11) is 0. The first kappa shape index (κ1) is 19.1. The molecule has 1 aromatic carbocycles. The summed E-state index contributed by atoms with van der Waals surface area (Å²) in [6, 6.07) is 5.01. The molecule has 1 aromatic heterocycles. The number of fused-ring (bicyclic) bond motifs is 1. The number of anilines is 1. The van der Waals surface area contributed by atoms with Crippen LogP contribution in [0.4, 0.5) is 9.93 Å². The third kappa shape index (κ3) is 4.36. The maximum atomic E-state index is 12.8. The van der Waals surface area contributed by atoms with E-state index in [9.17, 15) is 9.59 Å². The Bertz CT molecular complexity index is 855. The van der Waals surface area contributed by atoms with Crippen molar-refractivity contribution >= 4 is 55.9 Å². The first-order valence-electron chi connectivity index (χ1n) is 8.14. The Labute approximate surface area is 169 Å². The van der Waals surface area contributed by atoms with Crippen molar-refractivity contribution in [2.75, 3.05) is 11.9 Å². The van der Waals surface area contributed by atoms with Crippen molar-refractivity contribution in [1.29, 1.82) is 0 Å². The molecule has 3 rings (SSSR count). The zero-order valence-electron chi connectivity index (χ0n) is 14.3. The topological polar surface area (TPSA) is 74.3 Å². The minimum Gasteiger partial charge on any atom is -0.336 e. The Morgan fingerprint density at radius 2 is 2.15 bits per heavy atom. The third-order valence-electron chi connectivity index (χ3n) is 3.82. The number of benzene rings is 1. The highest BCUT2D eigenvalue weighted by Crippen LogP contribution is 2.30. The van der Waals surface area contributed by atoms with Gasteiger partial charge in [-0.15, -0.1) is 0 Å². The van der Waals surface area contributed by atoms with Crippen molar-refractivity contribution < 1.29 is 9.59 Å². The van der Waals surface area contributed by atoms with Gasteiger partial charge in [0.2, 0.25) is 0 Å². The van der Waals surface area contributed by atoms with Crippen LogP contribution in [-0.4, -0.2) is 34.4 Å². The van der Waals surface area contributed by atoms with Crippen LogP contribution in [0, 0.1) is 0 Å². The monoisotopic (exact) mass is 456 g/mol. The molecule has 3 amide bonds. The van der Waals surface area contributed by atoms with Crippen molar-refractivity contribution in [3.63, 3.8) is 0 Å². The smallest absolute Gasteiger partial charge is 0.321 e. The van der Waals surface area contributed by atoms with Gasteiger partial charge in [-0.1, -0.05) is 38.9 Å². The molecule has 0 bridgehead atoms. The summed E-state index contributed by atoms with van der Waals surface area (Å²) >= 11 is 11.0. The Kier molecular flexibility index (Phi) is 5.84. The fraction of sp³-hybridized carbons (Fsp3) is 0.353. The van der Waals surface area contributed by atoms with E-state index in [1.807, 2.05) is 13.8 Å². The number of amides is 3. The third-order valence-corrected chi connectivity index (χ3v) is 5.64. The SMILES string of the molecule is CC(C)NC(=O)Nc1nc2c(s1)CN(C(=O)c1cc(Br)ccc1Cl)CC2. The van der Waals surface area contributed by atoms with Gasteiger partial charge in [0.1, 0.15) is 0 Å². The van der Waals surface area contributed by atoms with E-state index in [4.69, 9.17) is 11.6 Å². The van der Waals surface area contributed by atoms with E-state index >= 15 is 0 Å². The zero-order chi connectivity index (χ0) is 18.8. The molecule has 0 unspecified atom stereocenters. The predicted molar refractivity (Wildman–Crippen MR) is 107 cm³/mol. The summed E-state index contributed by atoms with van der Waals surface area (Å²) in [5, 5.41) is 6.49. The molecule has 9 heteroatoms. The number of hydrogen-bond donors (Lipinski definition) is 2. The number of aromatic nitrogens is 1. The lowest BCUT2D eigenvalue weighted by Crippen LogP contribution is -2.35. The quantitative estimate of drug-likeness (QED) is 0.722. The Hall–Kier alpha value is -1.64. The molecule has 0 atom stereocenters. The molecule has 26 heavy (non-hydrogen) atoms. The van der Waals surface area contributed by atoms with E-state index in [-0.39, 0.29) is 18.0 Å². The van der Waals surface area contributed by atoms with Crippen LogP contribution in [-0.2, 0) is 13.0 Å². The van der Waals surface area contributed by atoms with E-state index in [0.29, 0.717) is 35.2 Å². The number of carbonyl (C=O) groups excluding carboxylic acids is 2. The van der Waals surface area contributed by atoms with Crippen LogP contribution in [0.1, 0.15) is 34.8 Å². The molecule has 0 fully saturated rings. The summed E-state index contributed by atoms with van der Waals surface area (Å²) in [6.45, 7) is 4.81. The van der Waals surface area contributed by atoms with E-state index < -0.39 is 0 Å². The summed E-state index contributed by atoms with van der Waals surface area (Å²) in [5.74, 6) is -0.109. The summed E-state index contributed by atoms with van der Waals surface area (Å²) in [6.07, 6.45) is 0.649. The first-order valence-corrected chi connectivity index (χ1v) is 10.1. The van der Waals surface area contributed by atoms with E-state index in [1.54, 1.807) is 23.1 Å². The van der Waals surface area contributed by atoms with Crippen LogP contribution in [0.2, 0.25) is 5.02 Å². The number of urea groups is 1. The summed E-state index contributed by atoms with van der Waals surface area (Å²) < 4.78 is 0.809. The molecule has 2 aromatic rings. The highest BCUT2D eigenvalue weighted by molar-refractivity contribution is 9.10. The second-order valence-corrected chi connectivity index (χ2v) is 8.65. The maximum absolute atomic E-state index is 12.8. The lowest BCUT2D eigenvalue weighted by molar-refractivity contribution is 0.0736. The van der Waals surface area contributed by atoms with Gasteiger partial charge < -0.3 is 10.2 Å². The zero-order valence-corrected chi connectivity index (χ0v) is 17.5. The Morgan fingerprint density at radius 1 is 1.38 bits per heavy atom. The van der Waals surface area contributed by atoms with E-state index in [2.05, 4.69) is 31.5 Å². The fourth-order valence-corrected chi connectivity index (χ4v) is 4.23. The molecule has 0 saturated carbocycles. The predicted octanol–water partition coefficient (Wildman–Crippen LogP) is 4.29. The molecular weight excluding hydrogens is 440 g/mol. The van der Waals surface area contributed by atoms with Gasteiger partial charge in [0.05, 0.1) is 22.8 Å². The van der Waals surface area contributed by atoms with Crippen LogP contribution in [0.3, 0.4) is 0 Å². The number of nitrogens with zero attached hydrogens (tertiary/aromatic N) is 2. The van der Waals surface area contributed by atoms with Gasteiger partial charge in [-0.05, 0) is 32.0 Å². The summed E-state index contributed by atoms with van der Waals surface area (Å²) in [4.78, 5) is 31.8. The molecule has 138 valence electrons. The van der Waals surface area contributed by atoms with Crippen LogP contribution in [0.15, 0.2) is 22.7 Å². The van der Waals surface area contributed by atoms with Gasteiger partial charge in [-0.3, -0.25) is 10.1 Å². The number of halogens is 2. The molecule has 0 radical (unpaired) electrons. The first-order chi connectivity index (χ1) is 12.3. The molecule has 2 heterocycles. The normalized spacial score (nSPS) is 13.5. The largest absolute Gasteiger partial charge is 0.336 e. The van der Waals surface area contributed by atoms with Crippen molar-refractivity contribution in [2.45, 2.75) is 32.9 Å². The van der Waals surface area contributed by atoms with Gasteiger partial charge in [0, 0.05) is 28.4 Å². The minimum absolute atomic E-state index is 0.0487. The molecule has 1 aliphatic rings. The molecule has 0 aliphatic carbocycles. The Balaban J connectivity index is 1.72. The van der Waals surface area contributed by atoms with E-state index in [0.717, 1.165) is 15.0 Å². The molecule has 0 spiro atoms. The van der Waals surface area contributed by atoms with Gasteiger partial charge >= 0.3 is 6.03 Å². The van der Waals surface area contributed by atoms with Crippen molar-refractivity contribution in [3.8, 4) is 0 Å². The average Bonchev–Trinajstić information content (AvgIpc) is 2.96. The van der Waals surface area contributed by atoms with Crippen LogP contribution >= 0.6 is 38.9 Å². The molecule has 2 N–H and O–H groups in total. The minimum atomic E-state index is -0.278. The number of rotatable bonds is 3. The molecular formula is C17H18BrClN4O2S. The van der Waals surface area contributed by atoms with Gasteiger partial charge in [0.15, 0.2) is 5.13 Å². The second kappa shape index (κ2) is 7.94. The highest BCUT2D eigenvalue weighted by Gasteiger charge is 2.26. The van der Waals surface area contributed by atoms with Crippen molar-refractivity contribution in [2.24, 2.45) is 0 Å². The van der Waals surface area contributed by atoms with Crippen LogP contribution in [0.5, 0.6) is 0 Å². The van der Waals surface area contributed by atoms with Gasteiger partial charge in [-0.2, -0.15) is 0 Å². The fourth-order valence-electron chi connectivity index (χ4n) is 2.65. The number of hydrogen-bond acceptors (Lipinski definition) is 4. The lowest BCUT2D eigenvalue weighted by Gasteiger charge is -2.26. The van der Waals surface area contributed by atoms with Crippen LogP contribution in [0.25, 0.3) is 0 Å². The molecule has 6 nitrogen and oxygen atoms in total. The Morgan fingerprint density at radius 3 is 2.88 bits per heavy atom. The number of carbonyl (C=O) groups is 2. The van der Waals surface area contributed by atoms with Crippen molar-refractivity contribution in [1.82, 2.24) is 15.2 Å². The lowest BCUT2D eigenvalue weighted by atomic mass is 10.1. The van der Waals surface area contributed by atoms with Gasteiger partial charge in [0.25, 0.3) is 5.91 Å². The number of nitrogens with one attached hydrogen (secondary N) is 2. The number of thiazole rings is 1. The maximum Gasteiger partial charge on any atom is 0.321 e. The van der Waals surface area contributed by atoms with Crippen molar-refractivity contribution in [3.05, 3.63) is 43.8 Å². The second-order valence-electron chi connectivity index (χ2n) is 6.24. The molecule has 0 saturated heterocycles.